The maximum absolute atomic E-state index is 13.5. The molecule has 0 saturated carbocycles. The second kappa shape index (κ2) is 3.89. The highest BCUT2D eigenvalue weighted by atomic mass is 19.1. The van der Waals surface area contributed by atoms with Gasteiger partial charge in [0.2, 0.25) is 0 Å². The number of aromatic nitrogens is 1. The summed E-state index contributed by atoms with van der Waals surface area (Å²) in [4.78, 5) is 10.6. The fourth-order valence-electron chi connectivity index (χ4n) is 1.61. The van der Waals surface area contributed by atoms with E-state index in [1.54, 1.807) is 19.2 Å². The molecule has 2 aromatic rings. The molecule has 0 unspecified atom stereocenters. The molecule has 0 aliphatic rings. The SMILES string of the molecule is Cn1c(C=O)ccc1-c1cc(F)ccc1F. The topological polar surface area (TPSA) is 22.0 Å². The molecule has 0 atom stereocenters. The van der Waals surface area contributed by atoms with E-state index in [1.807, 2.05) is 0 Å². The quantitative estimate of drug-likeness (QED) is 0.715. The van der Waals surface area contributed by atoms with Crippen LogP contribution in [0.2, 0.25) is 0 Å². The van der Waals surface area contributed by atoms with Crippen molar-refractivity contribution in [2.45, 2.75) is 0 Å². The maximum atomic E-state index is 13.5. The van der Waals surface area contributed by atoms with Crippen LogP contribution in [0.15, 0.2) is 30.3 Å². The summed E-state index contributed by atoms with van der Waals surface area (Å²) in [5.74, 6) is -1.02. The van der Waals surface area contributed by atoms with Gasteiger partial charge in [-0.15, -0.1) is 0 Å². The molecule has 0 aliphatic carbocycles. The minimum Gasteiger partial charge on any atom is -0.341 e. The van der Waals surface area contributed by atoms with E-state index in [-0.39, 0.29) is 5.56 Å². The minimum atomic E-state index is -0.514. The summed E-state index contributed by atoms with van der Waals surface area (Å²) in [5.41, 5.74) is 1.04. The van der Waals surface area contributed by atoms with Crippen LogP contribution < -0.4 is 0 Å². The van der Waals surface area contributed by atoms with Crippen molar-refractivity contribution >= 4 is 6.29 Å². The fourth-order valence-corrected chi connectivity index (χ4v) is 1.61. The molecular weight excluding hydrogens is 212 g/mol. The zero-order chi connectivity index (χ0) is 11.7. The first kappa shape index (κ1) is 10.5. The summed E-state index contributed by atoms with van der Waals surface area (Å²) in [6.45, 7) is 0. The first-order valence-electron chi connectivity index (χ1n) is 4.70. The largest absolute Gasteiger partial charge is 0.341 e. The lowest BCUT2D eigenvalue weighted by Gasteiger charge is -2.06. The Balaban J connectivity index is 2.62. The van der Waals surface area contributed by atoms with Gasteiger partial charge in [-0.05, 0) is 30.3 Å². The van der Waals surface area contributed by atoms with Gasteiger partial charge < -0.3 is 4.57 Å². The van der Waals surface area contributed by atoms with Crippen molar-refractivity contribution in [3.63, 3.8) is 0 Å². The Hall–Kier alpha value is -1.97. The smallest absolute Gasteiger partial charge is 0.166 e. The van der Waals surface area contributed by atoms with Crippen LogP contribution >= 0.6 is 0 Å². The van der Waals surface area contributed by atoms with E-state index in [4.69, 9.17) is 0 Å². The van der Waals surface area contributed by atoms with Crippen LogP contribution in [0, 0.1) is 11.6 Å². The van der Waals surface area contributed by atoms with Gasteiger partial charge in [-0.1, -0.05) is 0 Å². The van der Waals surface area contributed by atoms with Crippen molar-refractivity contribution < 1.29 is 13.6 Å². The highest BCUT2D eigenvalue weighted by Gasteiger charge is 2.11. The second-order valence-electron chi connectivity index (χ2n) is 3.44. The number of benzene rings is 1. The lowest BCUT2D eigenvalue weighted by Crippen LogP contribution is -1.98. The average molecular weight is 221 g/mol. The summed E-state index contributed by atoms with van der Waals surface area (Å²) < 4.78 is 28.0. The predicted molar refractivity (Wildman–Crippen MR) is 56.2 cm³/mol. The molecule has 0 fully saturated rings. The molecule has 0 bridgehead atoms. The number of halogens is 2. The lowest BCUT2D eigenvalue weighted by molar-refractivity contribution is 0.111. The van der Waals surface area contributed by atoms with Gasteiger partial charge in [-0.25, -0.2) is 8.78 Å². The number of nitrogens with zero attached hydrogens (tertiary/aromatic N) is 1. The molecular formula is C12H9F2NO. The number of rotatable bonds is 2. The molecule has 0 spiro atoms. The first-order chi connectivity index (χ1) is 7.63. The summed E-state index contributed by atoms with van der Waals surface area (Å²) in [6, 6.07) is 6.38. The van der Waals surface area contributed by atoms with E-state index in [2.05, 4.69) is 0 Å². The fraction of sp³-hybridized carbons (Fsp3) is 0.0833. The number of hydrogen-bond donors (Lipinski definition) is 0. The van der Waals surface area contributed by atoms with E-state index < -0.39 is 11.6 Å². The third-order valence-electron chi connectivity index (χ3n) is 2.49. The normalized spacial score (nSPS) is 10.4. The van der Waals surface area contributed by atoms with E-state index in [0.29, 0.717) is 17.7 Å². The molecule has 4 heteroatoms. The summed E-state index contributed by atoms with van der Waals surface area (Å²) in [7, 11) is 1.63. The molecule has 0 radical (unpaired) electrons. The van der Waals surface area contributed by atoms with Gasteiger partial charge in [0.1, 0.15) is 11.6 Å². The minimum absolute atomic E-state index is 0.149. The van der Waals surface area contributed by atoms with Crippen LogP contribution in [0.4, 0.5) is 8.78 Å². The molecule has 0 N–H and O–H groups in total. The van der Waals surface area contributed by atoms with E-state index >= 15 is 0 Å². The van der Waals surface area contributed by atoms with Gasteiger partial charge in [0.05, 0.1) is 11.4 Å². The zero-order valence-corrected chi connectivity index (χ0v) is 8.58. The number of aldehydes is 1. The summed E-state index contributed by atoms with van der Waals surface area (Å²) >= 11 is 0. The average Bonchev–Trinajstić information content (AvgIpc) is 2.63. The molecule has 1 heterocycles. The molecule has 0 saturated heterocycles. The van der Waals surface area contributed by atoms with Crippen LogP contribution in [-0.4, -0.2) is 10.9 Å². The molecule has 0 amide bonds. The number of carbonyl (C=O) groups is 1. The van der Waals surface area contributed by atoms with E-state index in [9.17, 15) is 13.6 Å². The van der Waals surface area contributed by atoms with Gasteiger partial charge >= 0.3 is 0 Å². The molecule has 2 nitrogen and oxygen atoms in total. The zero-order valence-electron chi connectivity index (χ0n) is 8.58. The van der Waals surface area contributed by atoms with Gasteiger partial charge in [-0.2, -0.15) is 0 Å². The highest BCUT2D eigenvalue weighted by molar-refractivity contribution is 5.76. The van der Waals surface area contributed by atoms with Gasteiger partial charge in [0.15, 0.2) is 6.29 Å². The predicted octanol–water partition coefficient (Wildman–Crippen LogP) is 2.78. The molecule has 82 valence electrons. The van der Waals surface area contributed by atoms with Crippen LogP contribution in [0.1, 0.15) is 10.5 Å². The van der Waals surface area contributed by atoms with Crippen LogP contribution in [0.5, 0.6) is 0 Å². The number of carbonyl (C=O) groups excluding carboxylic acids is 1. The third kappa shape index (κ3) is 1.62. The Morgan fingerprint density at radius 2 is 1.94 bits per heavy atom. The number of hydrogen-bond acceptors (Lipinski definition) is 1. The van der Waals surface area contributed by atoms with Crippen LogP contribution in [-0.2, 0) is 7.05 Å². The molecule has 1 aromatic heterocycles. The highest BCUT2D eigenvalue weighted by Crippen LogP contribution is 2.24. The van der Waals surface area contributed by atoms with Crippen molar-refractivity contribution in [2.75, 3.05) is 0 Å². The van der Waals surface area contributed by atoms with Gasteiger partial charge in [-0.3, -0.25) is 4.79 Å². The Kier molecular flexibility index (Phi) is 2.56. The Morgan fingerprint density at radius 1 is 1.19 bits per heavy atom. The molecule has 2 rings (SSSR count). The summed E-state index contributed by atoms with van der Waals surface area (Å²) in [6.07, 6.45) is 0.667. The summed E-state index contributed by atoms with van der Waals surface area (Å²) in [5, 5.41) is 0. The maximum Gasteiger partial charge on any atom is 0.166 e. The molecule has 16 heavy (non-hydrogen) atoms. The van der Waals surface area contributed by atoms with Gasteiger partial charge in [0.25, 0.3) is 0 Å². The Bertz CT molecular complexity index is 546. The van der Waals surface area contributed by atoms with Gasteiger partial charge in [0, 0.05) is 12.6 Å². The Labute approximate surface area is 91.1 Å². The monoisotopic (exact) mass is 221 g/mol. The first-order valence-corrected chi connectivity index (χ1v) is 4.70. The standard InChI is InChI=1S/C12H9F2NO/c1-15-9(7-16)3-5-12(15)10-6-8(13)2-4-11(10)14/h2-7H,1H3. The Morgan fingerprint density at radius 3 is 2.56 bits per heavy atom. The lowest BCUT2D eigenvalue weighted by atomic mass is 10.1. The van der Waals surface area contributed by atoms with E-state index in [0.717, 1.165) is 18.2 Å². The van der Waals surface area contributed by atoms with Crippen molar-refractivity contribution in [1.82, 2.24) is 4.57 Å². The van der Waals surface area contributed by atoms with Crippen LogP contribution in [0.3, 0.4) is 0 Å². The van der Waals surface area contributed by atoms with Crippen molar-refractivity contribution in [3.05, 3.63) is 47.7 Å². The van der Waals surface area contributed by atoms with Crippen LogP contribution in [0.25, 0.3) is 11.3 Å². The molecule has 0 aliphatic heterocycles. The van der Waals surface area contributed by atoms with Crippen molar-refractivity contribution in [2.24, 2.45) is 7.05 Å². The van der Waals surface area contributed by atoms with E-state index in [1.165, 1.54) is 4.57 Å². The molecule has 1 aromatic carbocycles. The van der Waals surface area contributed by atoms with Crippen molar-refractivity contribution in [3.8, 4) is 11.3 Å². The second-order valence-corrected chi connectivity index (χ2v) is 3.44. The third-order valence-corrected chi connectivity index (χ3v) is 2.49. The van der Waals surface area contributed by atoms with Crippen molar-refractivity contribution in [1.29, 1.82) is 0 Å².